The molecular formula is C21H20ClF2N5. The summed E-state index contributed by atoms with van der Waals surface area (Å²) in [7, 11) is 0. The summed E-state index contributed by atoms with van der Waals surface area (Å²) >= 11 is 5.92. The van der Waals surface area contributed by atoms with E-state index in [2.05, 4.69) is 9.97 Å². The number of anilines is 2. The average molecular weight is 416 g/mol. The van der Waals surface area contributed by atoms with Gasteiger partial charge < -0.3 is 15.5 Å². The topological polar surface area (TPSA) is 58.3 Å². The number of para-hydroxylation sites is 1. The number of hydrogen-bond donors (Lipinski definition) is 1. The van der Waals surface area contributed by atoms with Gasteiger partial charge in [-0.3, -0.25) is 0 Å². The Bertz CT molecular complexity index is 1020. The number of hydrogen-bond acceptors (Lipinski definition) is 5. The fourth-order valence-corrected chi connectivity index (χ4v) is 3.57. The van der Waals surface area contributed by atoms with E-state index in [1.165, 1.54) is 12.1 Å². The molecule has 2 N–H and O–H groups in total. The third-order valence-corrected chi connectivity index (χ3v) is 5.24. The molecule has 1 aliphatic heterocycles. The lowest BCUT2D eigenvalue weighted by Gasteiger charge is -2.36. The molecule has 1 aliphatic rings. The lowest BCUT2D eigenvalue weighted by Crippen LogP contribution is -2.47. The molecule has 4 rings (SSSR count). The molecule has 0 spiro atoms. The van der Waals surface area contributed by atoms with Crippen LogP contribution in [-0.2, 0) is 6.54 Å². The highest BCUT2D eigenvalue weighted by molar-refractivity contribution is 6.31. The maximum atomic E-state index is 14.1. The average Bonchev–Trinajstić information content (AvgIpc) is 2.76. The molecule has 150 valence electrons. The van der Waals surface area contributed by atoms with Gasteiger partial charge in [0.2, 0.25) is 5.95 Å². The summed E-state index contributed by atoms with van der Waals surface area (Å²) in [6.07, 6.45) is 0. The summed E-state index contributed by atoms with van der Waals surface area (Å²) in [4.78, 5) is 13.3. The highest BCUT2D eigenvalue weighted by Crippen LogP contribution is 2.27. The smallest absolute Gasteiger partial charge is 0.226 e. The summed E-state index contributed by atoms with van der Waals surface area (Å²) < 4.78 is 27.6. The fourth-order valence-electron chi connectivity index (χ4n) is 3.39. The van der Waals surface area contributed by atoms with E-state index in [9.17, 15) is 8.78 Å². The van der Waals surface area contributed by atoms with Crippen LogP contribution in [0.2, 0.25) is 5.02 Å². The molecule has 1 saturated heterocycles. The second-order valence-corrected chi connectivity index (χ2v) is 7.21. The van der Waals surface area contributed by atoms with Gasteiger partial charge in [-0.15, -0.1) is 0 Å². The zero-order chi connectivity index (χ0) is 20.4. The van der Waals surface area contributed by atoms with E-state index < -0.39 is 5.82 Å². The zero-order valence-corrected chi connectivity index (χ0v) is 16.4. The minimum absolute atomic E-state index is 0.0375. The van der Waals surface area contributed by atoms with Crippen LogP contribution in [0.1, 0.15) is 5.69 Å². The molecule has 0 aliphatic carbocycles. The Hall–Kier alpha value is -2.77. The number of aromatic nitrogens is 2. The minimum atomic E-state index is -0.479. The summed E-state index contributed by atoms with van der Waals surface area (Å²) in [5.74, 6) is -0.151. The Morgan fingerprint density at radius 3 is 2.31 bits per heavy atom. The summed E-state index contributed by atoms with van der Waals surface area (Å²) in [6.45, 7) is 2.84. The van der Waals surface area contributed by atoms with E-state index in [-0.39, 0.29) is 17.4 Å². The Labute approximate surface area is 172 Å². The van der Waals surface area contributed by atoms with Gasteiger partial charge in [-0.2, -0.15) is 0 Å². The first-order chi connectivity index (χ1) is 14.0. The summed E-state index contributed by atoms with van der Waals surface area (Å²) in [5, 5.41) is 0.0375. The molecule has 29 heavy (non-hydrogen) atoms. The van der Waals surface area contributed by atoms with Crippen molar-refractivity contribution in [1.29, 1.82) is 0 Å². The maximum Gasteiger partial charge on any atom is 0.226 e. The van der Waals surface area contributed by atoms with Gasteiger partial charge in [0.15, 0.2) is 0 Å². The lowest BCUT2D eigenvalue weighted by molar-refractivity contribution is 0.593. The number of benzene rings is 2. The second-order valence-electron chi connectivity index (χ2n) is 6.80. The molecule has 0 amide bonds. The molecule has 0 bridgehead atoms. The number of halogens is 3. The van der Waals surface area contributed by atoms with E-state index in [4.69, 9.17) is 17.3 Å². The highest BCUT2D eigenvalue weighted by Gasteiger charge is 2.22. The molecule has 3 aromatic rings. The van der Waals surface area contributed by atoms with Gasteiger partial charge in [0.05, 0.1) is 22.1 Å². The Morgan fingerprint density at radius 1 is 0.897 bits per heavy atom. The number of rotatable bonds is 4. The monoisotopic (exact) mass is 415 g/mol. The first-order valence-corrected chi connectivity index (χ1v) is 9.71. The molecule has 1 fully saturated rings. The Kier molecular flexibility index (Phi) is 5.60. The molecule has 0 saturated carbocycles. The predicted molar refractivity (Wildman–Crippen MR) is 111 cm³/mol. The van der Waals surface area contributed by atoms with Gasteiger partial charge >= 0.3 is 0 Å². The van der Waals surface area contributed by atoms with Crippen molar-refractivity contribution in [3.05, 3.63) is 70.9 Å². The maximum absolute atomic E-state index is 14.1. The standard InChI is InChI=1S/C21H20ClF2N5/c22-16-11-14(5-6-17(16)23)19-12-15(13-25)26-21(27-19)29-9-7-28(8-10-29)20-4-2-1-3-18(20)24/h1-6,11-12H,7-10,13,25H2. The molecule has 5 nitrogen and oxygen atoms in total. The third kappa shape index (κ3) is 4.16. The van der Waals surface area contributed by atoms with Gasteiger partial charge in [0, 0.05) is 38.3 Å². The van der Waals surface area contributed by atoms with Crippen LogP contribution in [-0.4, -0.2) is 36.1 Å². The Morgan fingerprint density at radius 2 is 1.62 bits per heavy atom. The summed E-state index contributed by atoms with van der Waals surface area (Å²) in [5.41, 5.74) is 8.43. The van der Waals surface area contributed by atoms with Crippen molar-refractivity contribution in [2.75, 3.05) is 36.0 Å². The molecule has 2 heterocycles. The molecule has 2 aromatic carbocycles. The minimum Gasteiger partial charge on any atom is -0.366 e. The van der Waals surface area contributed by atoms with Crippen molar-refractivity contribution in [1.82, 2.24) is 9.97 Å². The van der Waals surface area contributed by atoms with Crippen molar-refractivity contribution < 1.29 is 8.78 Å². The largest absolute Gasteiger partial charge is 0.366 e. The molecule has 0 unspecified atom stereocenters. The quantitative estimate of drug-likeness (QED) is 0.701. The fraction of sp³-hybridized carbons (Fsp3) is 0.238. The van der Waals surface area contributed by atoms with Crippen LogP contribution in [0.3, 0.4) is 0 Å². The van der Waals surface area contributed by atoms with Crippen molar-refractivity contribution in [3.8, 4) is 11.3 Å². The van der Waals surface area contributed by atoms with Crippen LogP contribution in [0, 0.1) is 11.6 Å². The number of piperazine rings is 1. The Balaban J connectivity index is 1.57. The van der Waals surface area contributed by atoms with Crippen LogP contribution in [0.4, 0.5) is 20.4 Å². The van der Waals surface area contributed by atoms with Crippen molar-refractivity contribution in [3.63, 3.8) is 0 Å². The first-order valence-electron chi connectivity index (χ1n) is 9.33. The molecule has 0 radical (unpaired) electrons. The van der Waals surface area contributed by atoms with Crippen molar-refractivity contribution >= 4 is 23.2 Å². The van der Waals surface area contributed by atoms with E-state index in [1.54, 1.807) is 30.3 Å². The first kappa shape index (κ1) is 19.5. The van der Waals surface area contributed by atoms with E-state index in [1.807, 2.05) is 15.9 Å². The molecule has 1 aromatic heterocycles. The zero-order valence-electron chi connectivity index (χ0n) is 15.7. The van der Waals surface area contributed by atoms with Gasteiger partial charge in [-0.25, -0.2) is 18.7 Å². The normalized spacial score (nSPS) is 14.3. The van der Waals surface area contributed by atoms with Crippen LogP contribution < -0.4 is 15.5 Å². The third-order valence-electron chi connectivity index (χ3n) is 4.95. The van der Waals surface area contributed by atoms with Gasteiger partial charge in [0.25, 0.3) is 0 Å². The van der Waals surface area contributed by atoms with Crippen LogP contribution in [0.5, 0.6) is 0 Å². The predicted octanol–water partition coefficient (Wildman–Crippen LogP) is 3.86. The number of nitrogens with zero attached hydrogens (tertiary/aromatic N) is 4. The van der Waals surface area contributed by atoms with Crippen LogP contribution >= 0.6 is 11.6 Å². The van der Waals surface area contributed by atoms with Crippen LogP contribution in [0.25, 0.3) is 11.3 Å². The molecular weight excluding hydrogens is 396 g/mol. The van der Waals surface area contributed by atoms with Gasteiger partial charge in [0.1, 0.15) is 11.6 Å². The van der Waals surface area contributed by atoms with Crippen LogP contribution in [0.15, 0.2) is 48.5 Å². The van der Waals surface area contributed by atoms with E-state index in [0.717, 1.165) is 0 Å². The van der Waals surface area contributed by atoms with E-state index in [0.29, 0.717) is 54.8 Å². The van der Waals surface area contributed by atoms with Gasteiger partial charge in [-0.1, -0.05) is 23.7 Å². The summed E-state index contributed by atoms with van der Waals surface area (Å²) in [6, 6.07) is 13.0. The van der Waals surface area contributed by atoms with Crippen molar-refractivity contribution in [2.45, 2.75) is 6.54 Å². The molecule has 0 atom stereocenters. The lowest BCUT2D eigenvalue weighted by atomic mass is 10.1. The second kappa shape index (κ2) is 8.31. The highest BCUT2D eigenvalue weighted by atomic mass is 35.5. The van der Waals surface area contributed by atoms with Crippen molar-refractivity contribution in [2.24, 2.45) is 5.73 Å². The number of nitrogens with two attached hydrogens (primary N) is 1. The van der Waals surface area contributed by atoms with Gasteiger partial charge in [-0.05, 0) is 36.4 Å². The van der Waals surface area contributed by atoms with E-state index >= 15 is 0 Å². The molecule has 8 heteroatoms. The SMILES string of the molecule is NCc1cc(-c2ccc(F)c(Cl)c2)nc(N2CCN(c3ccccc3F)CC2)n1.